The van der Waals surface area contributed by atoms with Gasteiger partial charge in [0.1, 0.15) is 5.82 Å². The van der Waals surface area contributed by atoms with E-state index < -0.39 is 0 Å². The number of nitrogens with zero attached hydrogens (tertiary/aromatic N) is 2. The highest BCUT2D eigenvalue weighted by atomic mass is 15.0. The van der Waals surface area contributed by atoms with E-state index in [4.69, 9.17) is 0 Å². The highest BCUT2D eigenvalue weighted by molar-refractivity contribution is 5.00. The fraction of sp³-hybridized carbons (Fsp3) is 0.667. The monoisotopic (exact) mass is 154 g/mol. The van der Waals surface area contributed by atoms with Crippen molar-refractivity contribution >= 4 is 0 Å². The second-order valence-corrected chi connectivity index (χ2v) is 2.26. The van der Waals surface area contributed by atoms with Gasteiger partial charge in [0.15, 0.2) is 0 Å². The molecule has 0 amide bonds. The van der Waals surface area contributed by atoms with Crippen molar-refractivity contribution in [1.29, 1.82) is 0 Å². The smallest absolute Gasteiger partial charge is 0.108 e. The van der Waals surface area contributed by atoms with Gasteiger partial charge in [0.25, 0.3) is 0 Å². The molecule has 2 nitrogen and oxygen atoms in total. The summed E-state index contributed by atoms with van der Waals surface area (Å²) in [4.78, 5) is 4.29. The molecule has 64 valence electrons. The Bertz CT molecular complexity index is 201. The highest BCUT2D eigenvalue weighted by Gasteiger charge is 1.96. The number of imidazole rings is 1. The first-order valence-electron chi connectivity index (χ1n) is 4.23. The molecule has 0 N–H and O–H groups in total. The van der Waals surface area contributed by atoms with Gasteiger partial charge in [0.05, 0.1) is 5.69 Å². The quantitative estimate of drug-likeness (QED) is 0.607. The summed E-state index contributed by atoms with van der Waals surface area (Å²) in [5, 5.41) is 0. The Morgan fingerprint density at radius 3 is 2.18 bits per heavy atom. The molecule has 11 heavy (non-hydrogen) atoms. The van der Waals surface area contributed by atoms with E-state index in [-0.39, 0.29) is 0 Å². The average Bonchev–Trinajstić information content (AvgIpc) is 2.33. The zero-order valence-corrected chi connectivity index (χ0v) is 8.18. The molecular weight excluding hydrogens is 136 g/mol. The number of aromatic nitrogens is 2. The normalized spacial score (nSPS) is 8.82. The zero-order chi connectivity index (χ0) is 8.85. The lowest BCUT2D eigenvalue weighted by Gasteiger charge is -1.92. The molecule has 0 aromatic carbocycles. The summed E-state index contributed by atoms with van der Waals surface area (Å²) in [6.45, 7) is 8.13. The van der Waals surface area contributed by atoms with Gasteiger partial charge in [0.2, 0.25) is 0 Å². The summed E-state index contributed by atoms with van der Waals surface area (Å²) in [5.41, 5.74) is 1.11. The van der Waals surface area contributed by atoms with E-state index in [2.05, 4.69) is 16.5 Å². The fourth-order valence-corrected chi connectivity index (χ4v) is 0.995. The first kappa shape index (κ1) is 10.2. The summed E-state index contributed by atoms with van der Waals surface area (Å²) in [7, 11) is 2.03. The SMILES string of the molecule is CC.CCc1nc(C)cn1C. The van der Waals surface area contributed by atoms with Crippen LogP contribution in [0, 0.1) is 6.92 Å². The van der Waals surface area contributed by atoms with Crippen LogP contribution in [-0.4, -0.2) is 9.55 Å². The van der Waals surface area contributed by atoms with Crippen LogP contribution < -0.4 is 0 Å². The Morgan fingerprint density at radius 1 is 1.45 bits per heavy atom. The second kappa shape index (κ2) is 4.94. The van der Waals surface area contributed by atoms with Gasteiger partial charge in [-0.25, -0.2) is 4.98 Å². The van der Waals surface area contributed by atoms with Crippen molar-refractivity contribution in [3.05, 3.63) is 17.7 Å². The van der Waals surface area contributed by atoms with E-state index in [1.807, 2.05) is 34.0 Å². The molecule has 0 fully saturated rings. The third-order valence-electron chi connectivity index (χ3n) is 1.41. The summed E-state index contributed by atoms with van der Waals surface area (Å²) >= 11 is 0. The third kappa shape index (κ3) is 2.74. The summed E-state index contributed by atoms with van der Waals surface area (Å²) < 4.78 is 2.06. The lowest BCUT2D eigenvalue weighted by molar-refractivity contribution is 0.807. The van der Waals surface area contributed by atoms with Crippen molar-refractivity contribution in [2.45, 2.75) is 34.1 Å². The van der Waals surface area contributed by atoms with Crippen molar-refractivity contribution in [3.8, 4) is 0 Å². The molecule has 0 spiro atoms. The van der Waals surface area contributed by atoms with E-state index in [9.17, 15) is 0 Å². The maximum atomic E-state index is 4.29. The van der Waals surface area contributed by atoms with Crippen molar-refractivity contribution < 1.29 is 0 Å². The van der Waals surface area contributed by atoms with Crippen LogP contribution in [0.15, 0.2) is 6.20 Å². The molecule has 0 bridgehead atoms. The summed E-state index contributed by atoms with van der Waals surface area (Å²) in [5.74, 6) is 1.16. The Labute approximate surface area is 69.3 Å². The molecule has 0 radical (unpaired) electrons. The predicted octanol–water partition coefficient (Wildman–Crippen LogP) is 2.32. The van der Waals surface area contributed by atoms with E-state index in [1.54, 1.807) is 0 Å². The number of rotatable bonds is 1. The predicted molar refractivity (Wildman–Crippen MR) is 48.7 cm³/mol. The number of hydrogen-bond donors (Lipinski definition) is 0. The maximum absolute atomic E-state index is 4.29. The standard InChI is InChI=1S/C7H12N2.C2H6/c1-4-7-8-6(2)5-9(7)3;1-2/h5H,4H2,1-3H3;1-2H3. The minimum absolute atomic E-state index is 1.02. The minimum atomic E-state index is 1.02. The Kier molecular flexibility index (Phi) is 4.59. The van der Waals surface area contributed by atoms with Crippen LogP contribution in [0.5, 0.6) is 0 Å². The van der Waals surface area contributed by atoms with E-state index >= 15 is 0 Å². The largest absolute Gasteiger partial charge is 0.338 e. The first-order chi connectivity index (χ1) is 5.24. The molecule has 0 saturated carbocycles. The summed E-state index contributed by atoms with van der Waals surface area (Å²) in [6, 6.07) is 0. The van der Waals surface area contributed by atoms with E-state index in [0.717, 1.165) is 17.9 Å². The van der Waals surface area contributed by atoms with Crippen molar-refractivity contribution in [3.63, 3.8) is 0 Å². The van der Waals surface area contributed by atoms with Gasteiger partial charge in [-0.05, 0) is 6.92 Å². The van der Waals surface area contributed by atoms with E-state index in [1.165, 1.54) is 0 Å². The molecular formula is C9H18N2. The number of hydrogen-bond acceptors (Lipinski definition) is 1. The second-order valence-electron chi connectivity index (χ2n) is 2.26. The van der Waals surface area contributed by atoms with Gasteiger partial charge in [-0.2, -0.15) is 0 Å². The lowest BCUT2D eigenvalue weighted by atomic mass is 10.5. The maximum Gasteiger partial charge on any atom is 0.108 e. The van der Waals surface area contributed by atoms with Crippen LogP contribution in [-0.2, 0) is 13.5 Å². The van der Waals surface area contributed by atoms with Crippen LogP contribution in [0.2, 0.25) is 0 Å². The molecule has 1 rings (SSSR count). The third-order valence-corrected chi connectivity index (χ3v) is 1.41. The van der Waals surface area contributed by atoms with Gasteiger partial charge >= 0.3 is 0 Å². The molecule has 1 heterocycles. The van der Waals surface area contributed by atoms with Crippen LogP contribution >= 0.6 is 0 Å². The minimum Gasteiger partial charge on any atom is -0.338 e. The van der Waals surface area contributed by atoms with Crippen molar-refractivity contribution in [1.82, 2.24) is 9.55 Å². The van der Waals surface area contributed by atoms with E-state index in [0.29, 0.717) is 0 Å². The molecule has 2 heteroatoms. The molecule has 0 aliphatic rings. The van der Waals surface area contributed by atoms with Crippen molar-refractivity contribution in [2.75, 3.05) is 0 Å². The molecule has 0 aliphatic heterocycles. The molecule has 1 aromatic rings. The fourth-order valence-electron chi connectivity index (χ4n) is 0.995. The summed E-state index contributed by atoms with van der Waals surface area (Å²) in [6.07, 6.45) is 3.06. The Hall–Kier alpha value is -0.790. The average molecular weight is 154 g/mol. The van der Waals surface area contributed by atoms with Gasteiger partial charge in [-0.3, -0.25) is 0 Å². The van der Waals surface area contributed by atoms with Crippen LogP contribution in [0.3, 0.4) is 0 Å². The molecule has 0 saturated heterocycles. The molecule has 0 unspecified atom stereocenters. The van der Waals surface area contributed by atoms with Crippen molar-refractivity contribution in [2.24, 2.45) is 7.05 Å². The molecule has 0 aliphatic carbocycles. The molecule has 1 aromatic heterocycles. The van der Waals surface area contributed by atoms with Crippen LogP contribution in [0.1, 0.15) is 32.3 Å². The zero-order valence-electron chi connectivity index (χ0n) is 8.18. The van der Waals surface area contributed by atoms with Crippen LogP contribution in [0.25, 0.3) is 0 Å². The number of aryl methyl sites for hydroxylation is 3. The van der Waals surface area contributed by atoms with Gasteiger partial charge in [0, 0.05) is 19.7 Å². The lowest BCUT2D eigenvalue weighted by Crippen LogP contribution is -1.93. The molecule has 0 atom stereocenters. The topological polar surface area (TPSA) is 17.8 Å². The van der Waals surface area contributed by atoms with Gasteiger partial charge in [-0.1, -0.05) is 20.8 Å². The highest BCUT2D eigenvalue weighted by Crippen LogP contribution is 1.98. The first-order valence-corrected chi connectivity index (χ1v) is 4.23. The Balaban J connectivity index is 0.000000461. The van der Waals surface area contributed by atoms with Gasteiger partial charge in [-0.15, -0.1) is 0 Å². The Morgan fingerprint density at radius 2 is 2.00 bits per heavy atom. The van der Waals surface area contributed by atoms with Crippen LogP contribution in [0.4, 0.5) is 0 Å². The van der Waals surface area contributed by atoms with Gasteiger partial charge < -0.3 is 4.57 Å².